The molecular formula is C10H22N2. The van der Waals surface area contributed by atoms with Crippen LogP contribution in [0, 0.1) is 0 Å². The van der Waals surface area contributed by atoms with Crippen LogP contribution in [0.15, 0.2) is 0 Å². The zero-order chi connectivity index (χ0) is 8.81. The predicted octanol–water partition coefficient (Wildman–Crippen LogP) is 1.47. The van der Waals surface area contributed by atoms with E-state index in [-0.39, 0.29) is 0 Å². The van der Waals surface area contributed by atoms with Crippen LogP contribution < -0.4 is 5.32 Å². The summed E-state index contributed by atoms with van der Waals surface area (Å²) in [5, 5.41) is 3.36. The quantitative estimate of drug-likeness (QED) is 0.582. The van der Waals surface area contributed by atoms with Gasteiger partial charge < -0.3 is 10.2 Å². The van der Waals surface area contributed by atoms with Crippen molar-refractivity contribution >= 4 is 0 Å². The van der Waals surface area contributed by atoms with Gasteiger partial charge in [-0.2, -0.15) is 0 Å². The van der Waals surface area contributed by atoms with E-state index < -0.39 is 0 Å². The van der Waals surface area contributed by atoms with E-state index in [1.165, 1.54) is 38.9 Å². The van der Waals surface area contributed by atoms with Crippen molar-refractivity contribution in [3.05, 3.63) is 0 Å². The van der Waals surface area contributed by atoms with Crippen LogP contribution in [0.2, 0.25) is 0 Å². The molecule has 1 N–H and O–H groups in total. The van der Waals surface area contributed by atoms with E-state index in [9.17, 15) is 0 Å². The summed E-state index contributed by atoms with van der Waals surface area (Å²) in [6.45, 7) is 9.24. The maximum absolute atomic E-state index is 3.36. The summed E-state index contributed by atoms with van der Waals surface area (Å²) in [5.41, 5.74) is 0. The van der Waals surface area contributed by atoms with Crippen molar-refractivity contribution in [1.29, 1.82) is 0 Å². The van der Waals surface area contributed by atoms with Crippen molar-refractivity contribution in [2.24, 2.45) is 0 Å². The lowest BCUT2D eigenvalue weighted by atomic mass is 10.3. The fraction of sp³-hybridized carbons (Fsp3) is 1.00. The van der Waals surface area contributed by atoms with E-state index >= 15 is 0 Å². The molecule has 0 aromatic heterocycles. The van der Waals surface area contributed by atoms with Crippen LogP contribution >= 0.6 is 0 Å². The van der Waals surface area contributed by atoms with Gasteiger partial charge in [-0.25, -0.2) is 0 Å². The first-order valence-electron chi connectivity index (χ1n) is 5.33. The molecule has 0 radical (unpaired) electrons. The third-order valence-corrected chi connectivity index (χ3v) is 2.52. The van der Waals surface area contributed by atoms with Crippen LogP contribution in [0.5, 0.6) is 0 Å². The Morgan fingerprint density at radius 2 is 2.08 bits per heavy atom. The van der Waals surface area contributed by atoms with Crippen LogP contribution in [-0.2, 0) is 0 Å². The molecule has 12 heavy (non-hydrogen) atoms. The molecule has 0 aromatic carbocycles. The number of nitrogens with one attached hydrogen (secondary N) is 1. The van der Waals surface area contributed by atoms with Gasteiger partial charge in [-0.3, -0.25) is 0 Å². The van der Waals surface area contributed by atoms with E-state index in [2.05, 4.69) is 24.1 Å². The van der Waals surface area contributed by atoms with Gasteiger partial charge >= 0.3 is 0 Å². The second-order valence-corrected chi connectivity index (χ2v) is 3.57. The average molecular weight is 170 g/mol. The molecule has 0 aliphatic heterocycles. The van der Waals surface area contributed by atoms with Crippen LogP contribution in [0.4, 0.5) is 0 Å². The zero-order valence-electron chi connectivity index (χ0n) is 8.47. The van der Waals surface area contributed by atoms with Gasteiger partial charge in [0.1, 0.15) is 0 Å². The zero-order valence-corrected chi connectivity index (χ0v) is 8.47. The van der Waals surface area contributed by atoms with Gasteiger partial charge in [0.05, 0.1) is 0 Å². The summed E-state index contributed by atoms with van der Waals surface area (Å²) in [6, 6.07) is 0.941. The second kappa shape index (κ2) is 5.55. The monoisotopic (exact) mass is 170 g/mol. The molecule has 1 rings (SSSR count). The molecule has 0 bridgehead atoms. The summed E-state index contributed by atoms with van der Waals surface area (Å²) in [4.78, 5) is 2.61. The molecule has 0 aromatic rings. The Balaban J connectivity index is 1.95. The molecule has 1 fully saturated rings. The van der Waals surface area contributed by atoms with Crippen LogP contribution in [0.1, 0.15) is 33.1 Å². The Bertz CT molecular complexity index is 110. The normalized spacial score (nSPS) is 17.2. The van der Waals surface area contributed by atoms with Crippen LogP contribution in [0.3, 0.4) is 0 Å². The minimum Gasteiger partial charge on any atom is -0.317 e. The van der Waals surface area contributed by atoms with E-state index in [1.807, 2.05) is 0 Å². The molecular weight excluding hydrogens is 148 g/mol. The SMILES string of the molecule is CCNCCCN(CC)C1CC1. The molecule has 1 aliphatic carbocycles. The second-order valence-electron chi connectivity index (χ2n) is 3.57. The highest BCUT2D eigenvalue weighted by molar-refractivity contribution is 4.83. The first kappa shape index (κ1) is 10.0. The van der Waals surface area contributed by atoms with Gasteiger partial charge in [0.15, 0.2) is 0 Å². The molecule has 0 amide bonds. The standard InChI is InChI=1S/C10H22N2/c1-3-11-8-5-9-12(4-2)10-6-7-10/h10-11H,3-9H2,1-2H3. The lowest BCUT2D eigenvalue weighted by molar-refractivity contribution is 0.273. The summed E-state index contributed by atoms with van der Waals surface area (Å²) in [7, 11) is 0. The third kappa shape index (κ3) is 3.55. The first-order chi connectivity index (χ1) is 5.88. The van der Waals surface area contributed by atoms with Crippen molar-refractivity contribution in [3.63, 3.8) is 0 Å². The van der Waals surface area contributed by atoms with Crippen molar-refractivity contribution in [1.82, 2.24) is 10.2 Å². The topological polar surface area (TPSA) is 15.3 Å². The largest absolute Gasteiger partial charge is 0.317 e. The number of hydrogen-bond acceptors (Lipinski definition) is 2. The van der Waals surface area contributed by atoms with Crippen LogP contribution in [0.25, 0.3) is 0 Å². The summed E-state index contributed by atoms with van der Waals surface area (Å²) >= 11 is 0. The van der Waals surface area contributed by atoms with Crippen molar-refractivity contribution in [2.45, 2.75) is 39.2 Å². The Hall–Kier alpha value is -0.0800. The molecule has 72 valence electrons. The van der Waals surface area contributed by atoms with Crippen LogP contribution in [-0.4, -0.2) is 37.1 Å². The fourth-order valence-corrected chi connectivity index (χ4v) is 1.62. The molecule has 0 atom stereocenters. The Kier molecular flexibility index (Phi) is 4.62. The maximum atomic E-state index is 3.36. The van der Waals surface area contributed by atoms with Gasteiger partial charge in [0.25, 0.3) is 0 Å². The molecule has 0 spiro atoms. The molecule has 1 aliphatic rings. The maximum Gasteiger partial charge on any atom is 0.00963 e. The lowest BCUT2D eigenvalue weighted by Crippen LogP contribution is -2.29. The van der Waals surface area contributed by atoms with Gasteiger partial charge in [-0.15, -0.1) is 0 Å². The van der Waals surface area contributed by atoms with Crippen molar-refractivity contribution in [3.8, 4) is 0 Å². The average Bonchev–Trinajstić information content (AvgIpc) is 2.88. The highest BCUT2D eigenvalue weighted by atomic mass is 15.2. The van der Waals surface area contributed by atoms with Crippen molar-refractivity contribution in [2.75, 3.05) is 26.2 Å². The Labute approximate surface area is 76.3 Å². The van der Waals surface area contributed by atoms with Gasteiger partial charge in [-0.1, -0.05) is 13.8 Å². The highest BCUT2D eigenvalue weighted by Gasteiger charge is 2.26. The van der Waals surface area contributed by atoms with Gasteiger partial charge in [-0.05, 0) is 45.4 Å². The highest BCUT2D eigenvalue weighted by Crippen LogP contribution is 2.26. The van der Waals surface area contributed by atoms with E-state index in [0.29, 0.717) is 0 Å². The number of nitrogens with zero attached hydrogens (tertiary/aromatic N) is 1. The smallest absolute Gasteiger partial charge is 0.00963 e. The molecule has 2 nitrogen and oxygen atoms in total. The predicted molar refractivity (Wildman–Crippen MR) is 53.4 cm³/mol. The van der Waals surface area contributed by atoms with Gasteiger partial charge in [0, 0.05) is 6.04 Å². The lowest BCUT2D eigenvalue weighted by Gasteiger charge is -2.19. The Morgan fingerprint density at radius 1 is 1.33 bits per heavy atom. The molecule has 2 heteroatoms. The Morgan fingerprint density at radius 3 is 2.58 bits per heavy atom. The van der Waals surface area contributed by atoms with Crippen molar-refractivity contribution < 1.29 is 0 Å². The minimum atomic E-state index is 0.941. The van der Waals surface area contributed by atoms with E-state index in [4.69, 9.17) is 0 Å². The summed E-state index contributed by atoms with van der Waals surface area (Å²) in [6.07, 6.45) is 4.18. The molecule has 1 saturated carbocycles. The first-order valence-corrected chi connectivity index (χ1v) is 5.33. The van der Waals surface area contributed by atoms with E-state index in [0.717, 1.165) is 12.6 Å². The number of rotatable bonds is 7. The summed E-state index contributed by atoms with van der Waals surface area (Å²) < 4.78 is 0. The minimum absolute atomic E-state index is 0.941. The third-order valence-electron chi connectivity index (χ3n) is 2.52. The molecule has 0 heterocycles. The summed E-state index contributed by atoms with van der Waals surface area (Å²) in [5.74, 6) is 0. The van der Waals surface area contributed by atoms with Gasteiger partial charge in [0.2, 0.25) is 0 Å². The molecule has 0 unspecified atom stereocenters. The fourth-order valence-electron chi connectivity index (χ4n) is 1.62. The number of hydrogen-bond donors (Lipinski definition) is 1. The molecule has 0 saturated heterocycles. The van der Waals surface area contributed by atoms with E-state index in [1.54, 1.807) is 0 Å².